The second-order valence-electron chi connectivity index (χ2n) is 4.89. The maximum absolute atomic E-state index is 12.5. The molecule has 0 aromatic carbocycles. The van der Waals surface area contributed by atoms with Crippen molar-refractivity contribution in [2.24, 2.45) is 11.1 Å². The Morgan fingerprint density at radius 3 is 2.14 bits per heavy atom. The number of nitrogens with two attached hydrogens (primary N) is 1. The summed E-state index contributed by atoms with van der Waals surface area (Å²) >= 11 is 0. The average molecular weight is 206 g/mol. The summed E-state index contributed by atoms with van der Waals surface area (Å²) in [5.74, 6) is -3.10. The summed E-state index contributed by atoms with van der Waals surface area (Å²) in [7, 11) is 0. The summed E-state index contributed by atoms with van der Waals surface area (Å²) < 4.78 is 24.9. The van der Waals surface area contributed by atoms with E-state index in [1.807, 2.05) is 20.8 Å². The summed E-state index contributed by atoms with van der Waals surface area (Å²) in [6, 6.07) is -0.710. The molecule has 1 heterocycles. The van der Waals surface area contributed by atoms with Gasteiger partial charge < -0.3 is 10.6 Å². The normalized spacial score (nSPS) is 22.9. The second-order valence-corrected chi connectivity index (χ2v) is 4.89. The molecule has 14 heavy (non-hydrogen) atoms. The first-order valence-corrected chi connectivity index (χ1v) is 4.56. The number of hydrogen-bond acceptors (Lipinski definition) is 2. The number of likely N-dealkylation sites (tertiary alicyclic amines) is 1. The molecule has 0 spiro atoms. The van der Waals surface area contributed by atoms with Crippen molar-refractivity contribution in [1.29, 1.82) is 0 Å². The van der Waals surface area contributed by atoms with Crippen LogP contribution in [0, 0.1) is 5.41 Å². The van der Waals surface area contributed by atoms with Gasteiger partial charge in [-0.25, -0.2) is 8.78 Å². The Bertz CT molecular complexity index is 240. The molecule has 0 radical (unpaired) electrons. The van der Waals surface area contributed by atoms with Crippen LogP contribution in [-0.2, 0) is 4.79 Å². The topological polar surface area (TPSA) is 46.3 Å². The number of halogens is 2. The lowest BCUT2D eigenvalue weighted by Crippen LogP contribution is -2.63. The van der Waals surface area contributed by atoms with Crippen molar-refractivity contribution < 1.29 is 13.6 Å². The summed E-state index contributed by atoms with van der Waals surface area (Å²) in [4.78, 5) is 12.6. The second kappa shape index (κ2) is 3.15. The molecule has 0 aromatic heterocycles. The Balaban J connectivity index is 2.53. The first-order valence-electron chi connectivity index (χ1n) is 4.56. The van der Waals surface area contributed by atoms with Gasteiger partial charge in [0.15, 0.2) is 0 Å². The standard InChI is InChI=1S/C9H16F2N2O/c1-8(2,3)6(12)7(14)13-4-9(10,11)5-13/h6H,4-5,12H2,1-3H3/t6-/m1/s1. The zero-order valence-electron chi connectivity index (χ0n) is 8.68. The van der Waals surface area contributed by atoms with E-state index in [-0.39, 0.29) is 11.3 Å². The van der Waals surface area contributed by atoms with Gasteiger partial charge in [-0.3, -0.25) is 4.79 Å². The van der Waals surface area contributed by atoms with E-state index in [4.69, 9.17) is 5.73 Å². The summed E-state index contributed by atoms with van der Waals surface area (Å²) in [5, 5.41) is 0. The fourth-order valence-corrected chi connectivity index (χ4v) is 1.24. The predicted octanol–water partition coefficient (Wildman–Crippen LogP) is 0.837. The highest BCUT2D eigenvalue weighted by atomic mass is 19.3. The van der Waals surface area contributed by atoms with Crippen molar-refractivity contribution in [3.8, 4) is 0 Å². The molecule has 2 N–H and O–H groups in total. The van der Waals surface area contributed by atoms with Crippen LogP contribution in [0.3, 0.4) is 0 Å². The van der Waals surface area contributed by atoms with E-state index in [0.29, 0.717) is 0 Å². The Labute approximate surface area is 82.2 Å². The van der Waals surface area contributed by atoms with E-state index in [1.54, 1.807) is 0 Å². The maximum Gasteiger partial charge on any atom is 0.282 e. The Hall–Kier alpha value is -0.710. The molecule has 5 heteroatoms. The van der Waals surface area contributed by atoms with E-state index in [1.165, 1.54) is 0 Å². The first-order chi connectivity index (χ1) is 6.13. The third kappa shape index (κ3) is 2.20. The number of carbonyl (C=O) groups is 1. The van der Waals surface area contributed by atoms with Gasteiger partial charge >= 0.3 is 0 Å². The lowest BCUT2D eigenvalue weighted by Gasteiger charge is -2.41. The minimum atomic E-state index is -2.72. The highest BCUT2D eigenvalue weighted by Gasteiger charge is 2.48. The first kappa shape index (κ1) is 11.4. The summed E-state index contributed by atoms with van der Waals surface area (Å²) in [5.41, 5.74) is 5.27. The molecule has 0 unspecified atom stereocenters. The van der Waals surface area contributed by atoms with Crippen molar-refractivity contribution in [3.05, 3.63) is 0 Å². The minimum absolute atomic E-state index is 0.386. The van der Waals surface area contributed by atoms with Crippen molar-refractivity contribution in [1.82, 2.24) is 4.90 Å². The van der Waals surface area contributed by atoms with Crippen LogP contribution < -0.4 is 5.73 Å². The monoisotopic (exact) mass is 206 g/mol. The SMILES string of the molecule is CC(C)(C)[C@H](N)C(=O)N1CC(F)(F)C1. The number of rotatable bonds is 1. The fraction of sp³-hybridized carbons (Fsp3) is 0.889. The molecule has 0 saturated carbocycles. The highest BCUT2D eigenvalue weighted by molar-refractivity contribution is 5.83. The number of nitrogens with zero attached hydrogens (tertiary/aromatic N) is 1. The van der Waals surface area contributed by atoms with Crippen molar-refractivity contribution in [2.45, 2.75) is 32.7 Å². The van der Waals surface area contributed by atoms with Gasteiger partial charge in [-0.15, -0.1) is 0 Å². The van der Waals surface area contributed by atoms with Gasteiger partial charge in [-0.2, -0.15) is 0 Å². The van der Waals surface area contributed by atoms with Gasteiger partial charge in [0, 0.05) is 0 Å². The largest absolute Gasteiger partial charge is 0.329 e. The molecule has 1 aliphatic rings. The molecule has 1 amide bonds. The third-order valence-corrected chi connectivity index (χ3v) is 2.36. The lowest BCUT2D eigenvalue weighted by molar-refractivity contribution is -0.168. The minimum Gasteiger partial charge on any atom is -0.329 e. The Kier molecular flexibility index (Phi) is 2.56. The summed E-state index contributed by atoms with van der Waals surface area (Å²) in [6.07, 6.45) is 0. The number of carbonyl (C=O) groups excluding carboxylic acids is 1. The van der Waals surface area contributed by atoms with E-state index in [9.17, 15) is 13.6 Å². The van der Waals surface area contributed by atoms with Crippen LogP contribution in [0.1, 0.15) is 20.8 Å². The van der Waals surface area contributed by atoms with Crippen molar-refractivity contribution in [2.75, 3.05) is 13.1 Å². The van der Waals surface area contributed by atoms with E-state index >= 15 is 0 Å². The molecule has 0 aromatic rings. The van der Waals surface area contributed by atoms with Gasteiger partial charge in [0.25, 0.3) is 5.92 Å². The molecule has 0 bridgehead atoms. The van der Waals surface area contributed by atoms with E-state index in [0.717, 1.165) is 4.90 Å². The van der Waals surface area contributed by atoms with Crippen LogP contribution in [0.4, 0.5) is 8.78 Å². The van der Waals surface area contributed by atoms with Crippen molar-refractivity contribution in [3.63, 3.8) is 0 Å². The molecular weight excluding hydrogens is 190 g/mol. The molecule has 1 aliphatic heterocycles. The van der Waals surface area contributed by atoms with Crippen LogP contribution >= 0.6 is 0 Å². The lowest BCUT2D eigenvalue weighted by atomic mass is 9.86. The van der Waals surface area contributed by atoms with Gasteiger partial charge in [0.2, 0.25) is 5.91 Å². The highest BCUT2D eigenvalue weighted by Crippen LogP contribution is 2.29. The smallest absolute Gasteiger partial charge is 0.282 e. The predicted molar refractivity (Wildman–Crippen MR) is 49.0 cm³/mol. The molecule has 1 saturated heterocycles. The quantitative estimate of drug-likeness (QED) is 0.691. The average Bonchev–Trinajstić information content (AvgIpc) is 1.95. The van der Waals surface area contributed by atoms with Gasteiger partial charge in [-0.05, 0) is 5.41 Å². The maximum atomic E-state index is 12.5. The molecule has 1 atom stereocenters. The summed E-state index contributed by atoms with van der Waals surface area (Å²) in [6.45, 7) is 4.46. The zero-order chi connectivity index (χ0) is 11.1. The van der Waals surface area contributed by atoms with E-state index in [2.05, 4.69) is 0 Å². The van der Waals surface area contributed by atoms with Crippen molar-refractivity contribution >= 4 is 5.91 Å². The molecule has 0 aliphatic carbocycles. The van der Waals surface area contributed by atoms with Crippen LogP contribution in [0.25, 0.3) is 0 Å². The van der Waals surface area contributed by atoms with Crippen LogP contribution in [0.5, 0.6) is 0 Å². The van der Waals surface area contributed by atoms with E-state index < -0.39 is 25.1 Å². The Morgan fingerprint density at radius 1 is 1.43 bits per heavy atom. The number of amides is 1. The number of hydrogen-bond donors (Lipinski definition) is 1. The fourth-order valence-electron chi connectivity index (χ4n) is 1.24. The molecule has 1 fully saturated rings. The molecule has 3 nitrogen and oxygen atoms in total. The molecule has 82 valence electrons. The van der Waals surface area contributed by atoms with Crippen LogP contribution in [-0.4, -0.2) is 35.9 Å². The molecular formula is C9H16F2N2O. The van der Waals surface area contributed by atoms with Crippen LogP contribution in [0.2, 0.25) is 0 Å². The van der Waals surface area contributed by atoms with Crippen LogP contribution in [0.15, 0.2) is 0 Å². The third-order valence-electron chi connectivity index (χ3n) is 2.36. The van der Waals surface area contributed by atoms with Gasteiger partial charge in [0.05, 0.1) is 19.1 Å². The number of alkyl halides is 2. The van der Waals surface area contributed by atoms with Gasteiger partial charge in [-0.1, -0.05) is 20.8 Å². The molecule has 1 rings (SSSR count). The zero-order valence-corrected chi connectivity index (χ0v) is 8.68. The van der Waals surface area contributed by atoms with Gasteiger partial charge in [0.1, 0.15) is 0 Å². The Morgan fingerprint density at radius 2 is 1.86 bits per heavy atom.